The van der Waals surface area contributed by atoms with Gasteiger partial charge in [0.25, 0.3) is 0 Å². The molecule has 0 bridgehead atoms. The molecule has 0 heterocycles. The lowest BCUT2D eigenvalue weighted by atomic mass is 10.2. The summed E-state index contributed by atoms with van der Waals surface area (Å²) in [5.74, 6) is 0. The van der Waals surface area contributed by atoms with Gasteiger partial charge in [-0.15, -0.1) is 11.8 Å². The third kappa shape index (κ3) is 2.77. The maximum Gasteiger partial charge on any atom is 0.406 e. The summed E-state index contributed by atoms with van der Waals surface area (Å²) in [7, 11) is 0. The van der Waals surface area contributed by atoms with E-state index in [1.165, 1.54) is 0 Å². The molecule has 0 saturated heterocycles. The maximum absolute atomic E-state index is 12.7. The first-order valence-electron chi connectivity index (χ1n) is 5.41. The molecule has 1 nitrogen and oxygen atoms in total. The molecule has 2 rings (SSSR count). The predicted octanol–water partition coefficient (Wildman–Crippen LogP) is 3.59. The lowest BCUT2D eigenvalue weighted by Crippen LogP contribution is -2.44. The lowest BCUT2D eigenvalue weighted by Gasteiger charge is -2.20. The highest BCUT2D eigenvalue weighted by Gasteiger charge is 2.62. The minimum absolute atomic E-state index is 0.194. The van der Waals surface area contributed by atoms with E-state index in [9.17, 15) is 13.2 Å². The van der Waals surface area contributed by atoms with Gasteiger partial charge in [-0.3, -0.25) is 5.32 Å². The summed E-state index contributed by atoms with van der Waals surface area (Å²) in [5.41, 5.74) is -0.733. The van der Waals surface area contributed by atoms with E-state index < -0.39 is 11.7 Å². The summed E-state index contributed by atoms with van der Waals surface area (Å²) in [6, 6.07) is 7.58. The summed E-state index contributed by atoms with van der Waals surface area (Å²) in [4.78, 5) is 1.12. The summed E-state index contributed by atoms with van der Waals surface area (Å²) < 4.78 is 38.0. The molecule has 1 aromatic carbocycles. The fourth-order valence-corrected chi connectivity index (χ4v) is 2.11. The van der Waals surface area contributed by atoms with Crippen LogP contribution in [0, 0.1) is 0 Å². The van der Waals surface area contributed by atoms with Crippen LogP contribution in [0.4, 0.5) is 13.2 Å². The molecule has 1 aliphatic rings. The van der Waals surface area contributed by atoms with E-state index in [-0.39, 0.29) is 19.4 Å². The van der Waals surface area contributed by atoms with E-state index in [4.69, 9.17) is 0 Å². The van der Waals surface area contributed by atoms with Crippen molar-refractivity contribution in [2.24, 2.45) is 0 Å². The number of rotatable bonds is 4. The molecule has 0 unspecified atom stereocenters. The standard InChI is InChI=1S/C12H14F3NS/c1-17-10-4-2-9(3-5-10)8-16-11(6-7-11)12(13,14)15/h2-5,16H,6-8H2,1H3. The molecule has 1 fully saturated rings. The average Bonchev–Trinajstić information content (AvgIpc) is 3.07. The number of thioether (sulfide) groups is 1. The van der Waals surface area contributed by atoms with E-state index >= 15 is 0 Å². The van der Waals surface area contributed by atoms with Crippen molar-refractivity contribution < 1.29 is 13.2 Å². The summed E-state index contributed by atoms with van der Waals surface area (Å²) >= 11 is 1.62. The monoisotopic (exact) mass is 261 g/mol. The molecule has 0 radical (unpaired) electrons. The zero-order chi connectivity index (χ0) is 12.5. The first-order valence-corrected chi connectivity index (χ1v) is 6.64. The van der Waals surface area contributed by atoms with Gasteiger partial charge in [0.2, 0.25) is 0 Å². The third-order valence-electron chi connectivity index (χ3n) is 3.08. The number of nitrogens with one attached hydrogen (secondary N) is 1. The number of hydrogen-bond acceptors (Lipinski definition) is 2. The summed E-state index contributed by atoms with van der Waals surface area (Å²) in [5, 5.41) is 2.63. The Hall–Kier alpha value is -0.680. The maximum atomic E-state index is 12.7. The predicted molar refractivity (Wildman–Crippen MR) is 63.1 cm³/mol. The third-order valence-corrected chi connectivity index (χ3v) is 3.83. The van der Waals surface area contributed by atoms with Gasteiger partial charge in [0.15, 0.2) is 0 Å². The molecule has 17 heavy (non-hydrogen) atoms. The highest BCUT2D eigenvalue weighted by molar-refractivity contribution is 7.98. The van der Waals surface area contributed by atoms with Gasteiger partial charge in [-0.05, 0) is 36.8 Å². The highest BCUT2D eigenvalue weighted by Crippen LogP contribution is 2.49. The number of alkyl halides is 3. The Bertz CT molecular complexity index is 382. The van der Waals surface area contributed by atoms with Gasteiger partial charge in [0, 0.05) is 11.4 Å². The smallest absolute Gasteiger partial charge is 0.299 e. The van der Waals surface area contributed by atoms with Gasteiger partial charge < -0.3 is 0 Å². The van der Waals surface area contributed by atoms with Crippen LogP contribution in [0.25, 0.3) is 0 Å². The number of hydrogen-bond donors (Lipinski definition) is 1. The fourth-order valence-electron chi connectivity index (χ4n) is 1.70. The molecule has 0 amide bonds. The molecule has 0 spiro atoms. The Labute approximate surface area is 103 Å². The molecule has 94 valence electrons. The Morgan fingerprint density at radius 3 is 2.24 bits per heavy atom. The SMILES string of the molecule is CSc1ccc(CNC2(C(F)(F)F)CC2)cc1. The molecule has 0 aliphatic heterocycles. The Balaban J connectivity index is 1.94. The van der Waals surface area contributed by atoms with Gasteiger partial charge in [0.1, 0.15) is 5.54 Å². The van der Waals surface area contributed by atoms with Crippen molar-refractivity contribution in [2.45, 2.75) is 36.0 Å². The first kappa shape index (κ1) is 12.8. The van der Waals surface area contributed by atoms with Crippen LogP contribution in [0.2, 0.25) is 0 Å². The topological polar surface area (TPSA) is 12.0 Å². The van der Waals surface area contributed by atoms with Crippen LogP contribution >= 0.6 is 11.8 Å². The van der Waals surface area contributed by atoms with Gasteiger partial charge in [-0.25, -0.2) is 0 Å². The first-order chi connectivity index (χ1) is 7.97. The zero-order valence-corrected chi connectivity index (χ0v) is 10.3. The van der Waals surface area contributed by atoms with Crippen molar-refractivity contribution in [1.82, 2.24) is 5.32 Å². The van der Waals surface area contributed by atoms with Crippen LogP contribution in [-0.2, 0) is 6.54 Å². The summed E-state index contributed by atoms with van der Waals surface area (Å²) in [6.07, 6.45) is -1.78. The van der Waals surface area contributed by atoms with Gasteiger partial charge >= 0.3 is 6.18 Å². The van der Waals surface area contributed by atoms with Crippen molar-refractivity contribution >= 4 is 11.8 Å². The van der Waals surface area contributed by atoms with Crippen molar-refractivity contribution in [3.05, 3.63) is 29.8 Å². The van der Waals surface area contributed by atoms with E-state index in [0.717, 1.165) is 10.5 Å². The van der Waals surface area contributed by atoms with Crippen molar-refractivity contribution in [1.29, 1.82) is 0 Å². The van der Waals surface area contributed by atoms with Crippen LogP contribution in [0.1, 0.15) is 18.4 Å². The Kier molecular flexibility index (Phi) is 3.41. The minimum Gasteiger partial charge on any atom is -0.299 e. The highest BCUT2D eigenvalue weighted by atomic mass is 32.2. The Morgan fingerprint density at radius 1 is 1.24 bits per heavy atom. The second-order valence-electron chi connectivity index (χ2n) is 4.28. The van der Waals surface area contributed by atoms with Crippen LogP contribution < -0.4 is 5.32 Å². The summed E-state index contributed by atoms with van der Waals surface area (Å²) in [6.45, 7) is 0.272. The van der Waals surface area contributed by atoms with E-state index in [2.05, 4.69) is 5.32 Å². The number of benzene rings is 1. The molecule has 1 aromatic rings. The minimum atomic E-state index is -4.13. The quantitative estimate of drug-likeness (QED) is 0.831. The fraction of sp³-hybridized carbons (Fsp3) is 0.500. The van der Waals surface area contributed by atoms with Gasteiger partial charge in [-0.1, -0.05) is 12.1 Å². The second-order valence-corrected chi connectivity index (χ2v) is 5.16. The van der Waals surface area contributed by atoms with Gasteiger partial charge in [-0.2, -0.15) is 13.2 Å². The molecule has 1 N–H and O–H groups in total. The van der Waals surface area contributed by atoms with Crippen molar-refractivity contribution in [3.63, 3.8) is 0 Å². The van der Waals surface area contributed by atoms with Crippen molar-refractivity contribution in [3.8, 4) is 0 Å². The Morgan fingerprint density at radius 2 is 1.82 bits per heavy atom. The zero-order valence-electron chi connectivity index (χ0n) is 9.47. The number of halogens is 3. The van der Waals surface area contributed by atoms with Crippen LogP contribution in [0.5, 0.6) is 0 Å². The molecule has 1 saturated carbocycles. The van der Waals surface area contributed by atoms with Crippen LogP contribution in [-0.4, -0.2) is 18.0 Å². The van der Waals surface area contributed by atoms with E-state index in [0.29, 0.717) is 0 Å². The van der Waals surface area contributed by atoms with Crippen LogP contribution in [0.3, 0.4) is 0 Å². The van der Waals surface area contributed by atoms with E-state index in [1.54, 1.807) is 11.8 Å². The molecular weight excluding hydrogens is 247 g/mol. The molecule has 5 heteroatoms. The van der Waals surface area contributed by atoms with Crippen LogP contribution in [0.15, 0.2) is 29.2 Å². The molecule has 1 aliphatic carbocycles. The molecule has 0 aromatic heterocycles. The van der Waals surface area contributed by atoms with Gasteiger partial charge in [0.05, 0.1) is 0 Å². The van der Waals surface area contributed by atoms with Crippen molar-refractivity contribution in [2.75, 3.05) is 6.26 Å². The molecular formula is C12H14F3NS. The molecule has 0 atom stereocenters. The largest absolute Gasteiger partial charge is 0.406 e. The second kappa shape index (κ2) is 4.53. The lowest BCUT2D eigenvalue weighted by molar-refractivity contribution is -0.166. The average molecular weight is 261 g/mol. The normalized spacial score (nSPS) is 18.1. The van der Waals surface area contributed by atoms with E-state index in [1.807, 2.05) is 30.5 Å².